The molecular formula is C23H25Cl2NO3S. The van der Waals surface area contributed by atoms with E-state index >= 15 is 0 Å². The highest BCUT2D eigenvalue weighted by Gasteiger charge is 2.20. The van der Waals surface area contributed by atoms with Gasteiger partial charge in [0.25, 0.3) is 0 Å². The fourth-order valence-corrected chi connectivity index (χ4v) is 4.77. The molecule has 0 saturated heterocycles. The molecule has 0 aliphatic carbocycles. The standard InChI is InChI=1S/C23H23NO3S.2ClH/c25-28(26,23-10-9-19-11-13-24-14-12-20(19)15-23)22-8-4-7-21(16-22)27-17-18-5-2-1-3-6-18;;/h1-10,15-16,24H,11-14,17H2;2*1H. The lowest BCUT2D eigenvalue weighted by molar-refractivity contribution is 0.305. The fourth-order valence-electron chi connectivity index (χ4n) is 3.43. The third kappa shape index (κ3) is 5.55. The van der Waals surface area contributed by atoms with Gasteiger partial charge in [-0.05, 0) is 73.0 Å². The Balaban J connectivity index is 0.00000160. The lowest BCUT2D eigenvalue weighted by Crippen LogP contribution is -2.16. The van der Waals surface area contributed by atoms with E-state index in [-0.39, 0.29) is 29.7 Å². The van der Waals surface area contributed by atoms with Crippen molar-refractivity contribution >= 4 is 34.7 Å². The van der Waals surface area contributed by atoms with Gasteiger partial charge in [-0.15, -0.1) is 24.8 Å². The molecule has 30 heavy (non-hydrogen) atoms. The Morgan fingerprint density at radius 2 is 1.47 bits per heavy atom. The van der Waals surface area contributed by atoms with Crippen molar-refractivity contribution in [3.8, 4) is 5.75 Å². The highest BCUT2D eigenvalue weighted by Crippen LogP contribution is 2.27. The molecule has 0 amide bonds. The highest BCUT2D eigenvalue weighted by molar-refractivity contribution is 7.91. The van der Waals surface area contributed by atoms with Crippen LogP contribution in [0.1, 0.15) is 16.7 Å². The second-order valence-electron chi connectivity index (χ2n) is 6.93. The minimum absolute atomic E-state index is 0. The number of benzene rings is 3. The molecule has 1 heterocycles. The maximum absolute atomic E-state index is 13.2. The zero-order valence-electron chi connectivity index (χ0n) is 16.4. The van der Waals surface area contributed by atoms with Crippen LogP contribution < -0.4 is 10.1 Å². The number of nitrogens with one attached hydrogen (secondary N) is 1. The summed E-state index contributed by atoms with van der Waals surface area (Å²) in [6.45, 7) is 2.20. The van der Waals surface area contributed by atoms with E-state index in [2.05, 4.69) is 5.32 Å². The summed E-state index contributed by atoms with van der Waals surface area (Å²) in [6.07, 6.45) is 1.78. The molecule has 1 N–H and O–H groups in total. The van der Waals surface area contributed by atoms with Crippen LogP contribution in [0.15, 0.2) is 82.6 Å². The van der Waals surface area contributed by atoms with Crippen LogP contribution in [0.4, 0.5) is 0 Å². The monoisotopic (exact) mass is 465 g/mol. The van der Waals surface area contributed by atoms with Gasteiger partial charge in [-0.1, -0.05) is 42.5 Å². The quantitative estimate of drug-likeness (QED) is 0.596. The van der Waals surface area contributed by atoms with Crippen molar-refractivity contribution in [2.75, 3.05) is 13.1 Å². The lowest BCUT2D eigenvalue weighted by atomic mass is 10.0. The van der Waals surface area contributed by atoms with Gasteiger partial charge < -0.3 is 10.1 Å². The van der Waals surface area contributed by atoms with Crippen LogP contribution >= 0.6 is 24.8 Å². The first-order valence-corrected chi connectivity index (χ1v) is 11.0. The van der Waals surface area contributed by atoms with E-state index in [1.165, 1.54) is 5.56 Å². The molecular weight excluding hydrogens is 441 g/mol. The van der Waals surface area contributed by atoms with Crippen LogP contribution in [0.25, 0.3) is 0 Å². The van der Waals surface area contributed by atoms with Crippen molar-refractivity contribution in [3.63, 3.8) is 0 Å². The molecule has 4 nitrogen and oxygen atoms in total. The van der Waals surface area contributed by atoms with Crippen LogP contribution in [0.3, 0.4) is 0 Å². The first kappa shape index (κ1) is 24.2. The van der Waals surface area contributed by atoms with Gasteiger partial charge in [0, 0.05) is 0 Å². The fraction of sp³-hybridized carbons (Fsp3) is 0.217. The molecule has 1 aliphatic heterocycles. The third-order valence-electron chi connectivity index (χ3n) is 4.99. The van der Waals surface area contributed by atoms with Gasteiger partial charge in [0.05, 0.1) is 9.79 Å². The molecule has 7 heteroatoms. The van der Waals surface area contributed by atoms with Crippen molar-refractivity contribution in [2.45, 2.75) is 29.2 Å². The van der Waals surface area contributed by atoms with E-state index in [1.54, 1.807) is 30.3 Å². The first-order valence-electron chi connectivity index (χ1n) is 9.47. The van der Waals surface area contributed by atoms with Gasteiger partial charge >= 0.3 is 0 Å². The predicted molar refractivity (Wildman–Crippen MR) is 124 cm³/mol. The van der Waals surface area contributed by atoms with E-state index in [9.17, 15) is 8.42 Å². The summed E-state index contributed by atoms with van der Waals surface area (Å²) in [6, 6.07) is 22.0. The molecule has 0 fully saturated rings. The van der Waals surface area contributed by atoms with Gasteiger partial charge in [0.15, 0.2) is 0 Å². The maximum atomic E-state index is 13.2. The van der Waals surface area contributed by atoms with Crippen molar-refractivity contribution in [1.29, 1.82) is 0 Å². The van der Waals surface area contributed by atoms with Crippen LogP contribution in [-0.4, -0.2) is 21.5 Å². The topological polar surface area (TPSA) is 55.4 Å². The van der Waals surface area contributed by atoms with Crippen LogP contribution in [0.5, 0.6) is 5.75 Å². The first-order chi connectivity index (χ1) is 13.6. The van der Waals surface area contributed by atoms with E-state index in [1.807, 2.05) is 42.5 Å². The van der Waals surface area contributed by atoms with E-state index in [0.29, 0.717) is 17.3 Å². The predicted octanol–water partition coefficient (Wildman–Crippen LogP) is 4.63. The third-order valence-corrected chi connectivity index (χ3v) is 6.74. The van der Waals surface area contributed by atoms with E-state index in [0.717, 1.165) is 37.1 Å². The second-order valence-corrected chi connectivity index (χ2v) is 8.88. The molecule has 3 aromatic rings. The summed E-state index contributed by atoms with van der Waals surface area (Å²) >= 11 is 0. The van der Waals surface area contributed by atoms with Crippen LogP contribution in [-0.2, 0) is 29.3 Å². The van der Waals surface area contributed by atoms with Gasteiger partial charge in [-0.2, -0.15) is 0 Å². The minimum Gasteiger partial charge on any atom is -0.489 e. The van der Waals surface area contributed by atoms with Crippen molar-refractivity contribution in [1.82, 2.24) is 5.32 Å². The van der Waals surface area contributed by atoms with Crippen molar-refractivity contribution in [2.24, 2.45) is 0 Å². The number of sulfone groups is 1. The van der Waals surface area contributed by atoms with Gasteiger partial charge in [-0.3, -0.25) is 0 Å². The second kappa shape index (κ2) is 10.8. The molecule has 0 aromatic heterocycles. The average Bonchev–Trinajstić information content (AvgIpc) is 2.98. The molecule has 0 atom stereocenters. The Kier molecular flexibility index (Phi) is 8.74. The van der Waals surface area contributed by atoms with E-state index < -0.39 is 9.84 Å². The smallest absolute Gasteiger partial charge is 0.206 e. The largest absolute Gasteiger partial charge is 0.489 e. The Bertz CT molecular complexity index is 1070. The SMILES string of the molecule is Cl.Cl.O=S(=O)(c1cccc(OCc2ccccc2)c1)c1ccc2c(c1)CCNCC2. The average molecular weight is 466 g/mol. The van der Waals surface area contributed by atoms with Crippen molar-refractivity contribution < 1.29 is 13.2 Å². The Morgan fingerprint density at radius 1 is 0.767 bits per heavy atom. The highest BCUT2D eigenvalue weighted by atomic mass is 35.5. The van der Waals surface area contributed by atoms with Crippen LogP contribution in [0.2, 0.25) is 0 Å². The molecule has 0 bridgehead atoms. The molecule has 4 rings (SSSR count). The van der Waals surface area contributed by atoms with Gasteiger partial charge in [-0.25, -0.2) is 8.42 Å². The number of ether oxygens (including phenoxy) is 1. The molecule has 1 aliphatic rings. The Morgan fingerprint density at radius 3 is 2.23 bits per heavy atom. The van der Waals surface area contributed by atoms with E-state index in [4.69, 9.17) is 4.74 Å². The Hall–Kier alpha value is -2.05. The Labute approximate surface area is 190 Å². The molecule has 0 spiro atoms. The number of halogens is 2. The van der Waals surface area contributed by atoms with Gasteiger partial charge in [0.2, 0.25) is 9.84 Å². The zero-order chi connectivity index (χ0) is 19.4. The molecule has 160 valence electrons. The number of fused-ring (bicyclic) bond motifs is 1. The molecule has 3 aromatic carbocycles. The molecule has 0 saturated carbocycles. The summed E-state index contributed by atoms with van der Waals surface area (Å²) in [5, 5.41) is 3.35. The maximum Gasteiger partial charge on any atom is 0.206 e. The summed E-state index contributed by atoms with van der Waals surface area (Å²) in [5.41, 5.74) is 3.38. The van der Waals surface area contributed by atoms with Crippen LogP contribution in [0, 0.1) is 0 Å². The summed E-state index contributed by atoms with van der Waals surface area (Å²) in [4.78, 5) is 0.595. The summed E-state index contributed by atoms with van der Waals surface area (Å²) < 4.78 is 32.1. The normalized spacial score (nSPS) is 13.2. The summed E-state index contributed by atoms with van der Waals surface area (Å²) in [5.74, 6) is 0.545. The molecule has 0 radical (unpaired) electrons. The summed E-state index contributed by atoms with van der Waals surface area (Å²) in [7, 11) is -3.59. The molecule has 0 unspecified atom stereocenters. The minimum atomic E-state index is -3.59. The zero-order valence-corrected chi connectivity index (χ0v) is 18.9. The number of rotatable bonds is 5. The van der Waals surface area contributed by atoms with Gasteiger partial charge in [0.1, 0.15) is 12.4 Å². The number of hydrogen-bond donors (Lipinski definition) is 1. The van der Waals surface area contributed by atoms with Crippen molar-refractivity contribution in [3.05, 3.63) is 89.5 Å². The number of hydrogen-bond acceptors (Lipinski definition) is 4. The lowest BCUT2D eigenvalue weighted by Gasteiger charge is -2.11.